The molecule has 0 aromatic heterocycles. The van der Waals surface area contributed by atoms with E-state index >= 15 is 0 Å². The van der Waals surface area contributed by atoms with Gasteiger partial charge in [0.05, 0.1) is 24.1 Å². The Balaban J connectivity index is 1.53. The van der Waals surface area contributed by atoms with Gasteiger partial charge in [0.2, 0.25) is 11.8 Å². The molecule has 6 nitrogen and oxygen atoms in total. The summed E-state index contributed by atoms with van der Waals surface area (Å²) in [5, 5.41) is 2.86. The molecule has 1 fully saturated rings. The Hall–Kier alpha value is -3.15. The Bertz CT molecular complexity index is 895. The molecule has 1 saturated heterocycles. The lowest BCUT2D eigenvalue weighted by Gasteiger charge is -2.25. The highest BCUT2D eigenvalue weighted by Crippen LogP contribution is 2.29. The van der Waals surface area contributed by atoms with Crippen LogP contribution in [-0.2, 0) is 14.3 Å². The average molecular weight is 423 g/mol. The van der Waals surface area contributed by atoms with Crippen molar-refractivity contribution < 1.29 is 19.1 Å². The molecule has 1 heterocycles. The van der Waals surface area contributed by atoms with Crippen molar-refractivity contribution in [3.8, 4) is 0 Å². The normalized spacial score (nSPS) is 16.8. The minimum Gasteiger partial charge on any atom is -0.462 e. The lowest BCUT2D eigenvalue weighted by Crippen LogP contribution is -2.30. The van der Waals surface area contributed by atoms with Crippen molar-refractivity contribution in [2.24, 2.45) is 5.92 Å². The van der Waals surface area contributed by atoms with Crippen molar-refractivity contribution in [2.45, 2.75) is 45.6 Å². The zero-order valence-corrected chi connectivity index (χ0v) is 18.2. The fourth-order valence-corrected chi connectivity index (χ4v) is 3.73. The van der Waals surface area contributed by atoms with E-state index in [1.165, 1.54) is 0 Å². The van der Waals surface area contributed by atoms with Gasteiger partial charge in [0.25, 0.3) is 0 Å². The second-order valence-electron chi connectivity index (χ2n) is 7.94. The van der Waals surface area contributed by atoms with E-state index in [9.17, 15) is 14.4 Å². The molecule has 0 unspecified atom stereocenters. The number of carbonyl (C=O) groups is 3. The monoisotopic (exact) mass is 422 g/mol. The third-order valence-corrected chi connectivity index (χ3v) is 5.65. The topological polar surface area (TPSA) is 75.7 Å². The number of carbonyl (C=O) groups excluding carboxylic acids is 3. The molecule has 3 rings (SSSR count). The Morgan fingerprint density at radius 2 is 1.81 bits per heavy atom. The predicted octanol–water partition coefficient (Wildman–Crippen LogP) is 4.58. The van der Waals surface area contributed by atoms with Crippen molar-refractivity contribution in [1.82, 2.24) is 4.90 Å². The van der Waals surface area contributed by atoms with Crippen LogP contribution in [0.2, 0.25) is 0 Å². The molecule has 6 heteroatoms. The van der Waals surface area contributed by atoms with Gasteiger partial charge in [0, 0.05) is 18.7 Å². The molecule has 0 radical (unpaired) electrons. The summed E-state index contributed by atoms with van der Waals surface area (Å²) in [6, 6.07) is 16.4. The number of likely N-dealkylation sites (tertiary alicyclic amines) is 1. The third kappa shape index (κ3) is 5.94. The highest BCUT2D eigenvalue weighted by atomic mass is 16.5. The molecule has 0 bridgehead atoms. The predicted molar refractivity (Wildman–Crippen MR) is 120 cm³/mol. The van der Waals surface area contributed by atoms with E-state index < -0.39 is 5.92 Å². The van der Waals surface area contributed by atoms with Crippen LogP contribution in [0.3, 0.4) is 0 Å². The van der Waals surface area contributed by atoms with Gasteiger partial charge >= 0.3 is 5.97 Å². The van der Waals surface area contributed by atoms with Gasteiger partial charge < -0.3 is 15.0 Å². The maximum absolute atomic E-state index is 12.7. The van der Waals surface area contributed by atoms with Crippen molar-refractivity contribution in [2.75, 3.05) is 18.5 Å². The van der Waals surface area contributed by atoms with E-state index in [-0.39, 0.29) is 30.2 Å². The molecule has 1 N–H and O–H groups in total. The Morgan fingerprint density at radius 1 is 1.10 bits per heavy atom. The van der Waals surface area contributed by atoms with Gasteiger partial charge in [0.15, 0.2) is 0 Å². The molecule has 1 aliphatic rings. The van der Waals surface area contributed by atoms with E-state index in [0.717, 1.165) is 24.8 Å². The third-order valence-electron chi connectivity index (χ3n) is 5.65. The van der Waals surface area contributed by atoms with Crippen LogP contribution in [0.4, 0.5) is 5.69 Å². The number of rotatable bonds is 9. The standard InChI is InChI=1S/C25H30N2O4/c1-3-4-8-15-31-25(30)20-11-13-22(14-12-20)26-24(29)21-16-23(28)27(17-21)18(2)19-9-6-5-7-10-19/h5-7,9-14,18,21H,3-4,8,15-17H2,1-2H3,(H,26,29)/t18-,21+/m1/s1. The summed E-state index contributed by atoms with van der Waals surface area (Å²) in [5.74, 6) is -0.966. The minimum atomic E-state index is -0.401. The molecule has 2 aromatic carbocycles. The molecule has 1 aliphatic heterocycles. The van der Waals surface area contributed by atoms with Gasteiger partial charge in [-0.25, -0.2) is 4.79 Å². The maximum atomic E-state index is 12.7. The molecule has 164 valence electrons. The number of hydrogen-bond acceptors (Lipinski definition) is 4. The van der Waals surface area contributed by atoms with Crippen LogP contribution < -0.4 is 5.32 Å². The number of unbranched alkanes of at least 4 members (excludes halogenated alkanes) is 2. The first kappa shape index (κ1) is 22.5. The molecule has 0 aliphatic carbocycles. The van der Waals surface area contributed by atoms with Crippen LogP contribution in [0, 0.1) is 5.92 Å². The number of nitrogens with zero attached hydrogens (tertiary/aromatic N) is 1. The number of hydrogen-bond donors (Lipinski definition) is 1. The van der Waals surface area contributed by atoms with Gasteiger partial charge in [0.1, 0.15) is 0 Å². The van der Waals surface area contributed by atoms with Gasteiger partial charge in [-0.05, 0) is 43.2 Å². The molecule has 0 saturated carbocycles. The molecule has 2 amide bonds. The zero-order valence-electron chi connectivity index (χ0n) is 18.2. The van der Waals surface area contributed by atoms with Crippen LogP contribution >= 0.6 is 0 Å². The first-order valence-electron chi connectivity index (χ1n) is 10.9. The Labute approximate surface area is 183 Å². The average Bonchev–Trinajstić information content (AvgIpc) is 3.19. The highest BCUT2D eigenvalue weighted by Gasteiger charge is 2.37. The van der Waals surface area contributed by atoms with E-state index in [0.29, 0.717) is 24.4 Å². The van der Waals surface area contributed by atoms with Crippen molar-refractivity contribution in [3.63, 3.8) is 0 Å². The Morgan fingerprint density at radius 3 is 2.48 bits per heavy atom. The maximum Gasteiger partial charge on any atom is 0.338 e. The zero-order chi connectivity index (χ0) is 22.2. The minimum absolute atomic E-state index is 0.0160. The second kappa shape index (κ2) is 10.8. The summed E-state index contributed by atoms with van der Waals surface area (Å²) in [5.41, 5.74) is 2.09. The number of nitrogens with one attached hydrogen (secondary N) is 1. The first-order valence-corrected chi connectivity index (χ1v) is 10.9. The summed E-state index contributed by atoms with van der Waals surface area (Å²) in [7, 11) is 0. The largest absolute Gasteiger partial charge is 0.462 e. The molecular formula is C25H30N2O4. The number of esters is 1. The quantitative estimate of drug-likeness (QED) is 0.474. The van der Waals surface area contributed by atoms with E-state index in [1.807, 2.05) is 37.3 Å². The number of anilines is 1. The van der Waals surface area contributed by atoms with E-state index in [2.05, 4.69) is 12.2 Å². The van der Waals surface area contributed by atoms with Gasteiger partial charge in [-0.3, -0.25) is 9.59 Å². The second-order valence-corrected chi connectivity index (χ2v) is 7.94. The molecule has 0 spiro atoms. The summed E-state index contributed by atoms with van der Waals surface area (Å²) in [6.07, 6.45) is 3.16. The van der Waals surface area contributed by atoms with Crippen LogP contribution in [0.25, 0.3) is 0 Å². The highest BCUT2D eigenvalue weighted by molar-refractivity contribution is 5.98. The summed E-state index contributed by atoms with van der Waals surface area (Å²) >= 11 is 0. The first-order chi connectivity index (χ1) is 15.0. The van der Waals surface area contributed by atoms with Crippen LogP contribution in [0.5, 0.6) is 0 Å². The van der Waals surface area contributed by atoms with Crippen LogP contribution in [0.1, 0.15) is 61.5 Å². The summed E-state index contributed by atoms with van der Waals surface area (Å²) in [4.78, 5) is 39.0. The smallest absolute Gasteiger partial charge is 0.338 e. The van der Waals surface area contributed by atoms with Gasteiger partial charge in [-0.2, -0.15) is 0 Å². The van der Waals surface area contributed by atoms with Crippen molar-refractivity contribution in [1.29, 1.82) is 0 Å². The molecule has 31 heavy (non-hydrogen) atoms. The van der Waals surface area contributed by atoms with Crippen molar-refractivity contribution in [3.05, 3.63) is 65.7 Å². The van der Waals surface area contributed by atoms with Crippen LogP contribution in [0.15, 0.2) is 54.6 Å². The Kier molecular flexibility index (Phi) is 7.82. The molecule has 2 aromatic rings. The summed E-state index contributed by atoms with van der Waals surface area (Å²) < 4.78 is 5.25. The van der Waals surface area contributed by atoms with Gasteiger partial charge in [-0.15, -0.1) is 0 Å². The van der Waals surface area contributed by atoms with Crippen LogP contribution in [-0.4, -0.2) is 35.8 Å². The molecule has 2 atom stereocenters. The SMILES string of the molecule is CCCCCOC(=O)c1ccc(NC(=O)[C@H]2CC(=O)N([C@H](C)c3ccccc3)C2)cc1. The number of amides is 2. The van der Waals surface area contributed by atoms with E-state index in [1.54, 1.807) is 29.2 Å². The lowest BCUT2D eigenvalue weighted by molar-refractivity contribution is -0.129. The van der Waals surface area contributed by atoms with E-state index in [4.69, 9.17) is 4.74 Å². The lowest BCUT2D eigenvalue weighted by atomic mass is 10.1. The fourth-order valence-electron chi connectivity index (χ4n) is 3.73. The van der Waals surface area contributed by atoms with Crippen molar-refractivity contribution >= 4 is 23.5 Å². The molecular weight excluding hydrogens is 392 g/mol. The summed E-state index contributed by atoms with van der Waals surface area (Å²) in [6.45, 7) is 4.88. The fraction of sp³-hybridized carbons (Fsp3) is 0.400. The number of ether oxygens (including phenoxy) is 1. The number of benzene rings is 2. The van der Waals surface area contributed by atoms with Gasteiger partial charge in [-0.1, -0.05) is 50.1 Å².